The first-order chi connectivity index (χ1) is 7.34. The quantitative estimate of drug-likeness (QED) is 0.626. The van der Waals surface area contributed by atoms with Gasteiger partial charge in [-0.2, -0.15) is 0 Å². The summed E-state index contributed by atoms with van der Waals surface area (Å²) in [7, 11) is 0. The van der Waals surface area contributed by atoms with Crippen LogP contribution >= 0.6 is 0 Å². The fourth-order valence-electron chi connectivity index (χ4n) is 1.15. The van der Waals surface area contributed by atoms with Crippen LogP contribution in [-0.4, -0.2) is 15.8 Å². The van der Waals surface area contributed by atoms with E-state index in [4.69, 9.17) is 5.73 Å². The van der Waals surface area contributed by atoms with E-state index in [9.17, 15) is 23.7 Å². The number of aryl methyl sites for hydroxylation is 1. The molecule has 1 aromatic rings. The van der Waals surface area contributed by atoms with Crippen LogP contribution < -0.4 is 5.73 Å². The highest BCUT2D eigenvalue weighted by Gasteiger charge is 2.25. The zero-order valence-corrected chi connectivity index (χ0v) is 8.11. The lowest BCUT2D eigenvalue weighted by Crippen LogP contribution is -2.17. The minimum absolute atomic E-state index is 0.0632. The van der Waals surface area contributed by atoms with Crippen molar-refractivity contribution >= 4 is 11.6 Å². The molecule has 0 aliphatic heterocycles. The number of aromatic nitrogens is 1. The predicted molar refractivity (Wildman–Crippen MR) is 49.1 cm³/mol. The normalized spacial score (nSPS) is 10.5. The van der Waals surface area contributed by atoms with Gasteiger partial charge in [0.15, 0.2) is 0 Å². The number of alkyl halides is 2. The number of nitro groups is 1. The van der Waals surface area contributed by atoms with Crippen molar-refractivity contribution in [1.29, 1.82) is 0 Å². The Morgan fingerprint density at radius 2 is 2.19 bits per heavy atom. The van der Waals surface area contributed by atoms with Crippen molar-refractivity contribution in [2.75, 3.05) is 0 Å². The van der Waals surface area contributed by atoms with E-state index in [1.54, 1.807) is 0 Å². The highest BCUT2D eigenvalue weighted by Crippen LogP contribution is 2.26. The van der Waals surface area contributed by atoms with Crippen LogP contribution in [0.15, 0.2) is 6.07 Å². The van der Waals surface area contributed by atoms with Crippen LogP contribution in [0, 0.1) is 17.0 Å². The van der Waals surface area contributed by atoms with Gasteiger partial charge in [0.05, 0.1) is 4.92 Å². The summed E-state index contributed by atoms with van der Waals surface area (Å²) in [5.74, 6) is -1.21. The third kappa shape index (κ3) is 2.10. The molecule has 0 saturated carbocycles. The molecule has 1 heterocycles. The number of pyridine rings is 1. The van der Waals surface area contributed by atoms with Gasteiger partial charge in [0, 0.05) is 6.07 Å². The Labute approximate surface area is 88.2 Å². The standard InChI is InChI=1S/C8H7F2N3O3/c1-3-2-4(13(15)16)6(8(11)14)12-5(3)7(9)10/h2,7H,1H3,(H2,11,14). The molecular formula is C8H7F2N3O3. The Bertz CT molecular complexity index is 462. The highest BCUT2D eigenvalue weighted by atomic mass is 19.3. The number of primary amides is 1. The molecule has 0 aromatic carbocycles. The molecule has 6 nitrogen and oxygen atoms in total. The van der Waals surface area contributed by atoms with Crippen molar-refractivity contribution in [3.05, 3.63) is 33.1 Å². The van der Waals surface area contributed by atoms with Gasteiger partial charge in [0.2, 0.25) is 5.69 Å². The van der Waals surface area contributed by atoms with Gasteiger partial charge >= 0.3 is 5.69 Å². The molecule has 2 N–H and O–H groups in total. The number of carbonyl (C=O) groups excluding carboxylic acids is 1. The molecule has 0 saturated heterocycles. The summed E-state index contributed by atoms with van der Waals surface area (Å²) in [6.07, 6.45) is -2.92. The minimum Gasteiger partial charge on any atom is -0.364 e. The first-order valence-electron chi connectivity index (χ1n) is 4.08. The lowest BCUT2D eigenvalue weighted by molar-refractivity contribution is -0.385. The molecular weight excluding hydrogens is 224 g/mol. The number of hydrogen-bond donors (Lipinski definition) is 1. The van der Waals surface area contributed by atoms with Crippen LogP contribution in [0.1, 0.15) is 28.2 Å². The van der Waals surface area contributed by atoms with E-state index in [0.717, 1.165) is 6.07 Å². The lowest BCUT2D eigenvalue weighted by atomic mass is 10.1. The number of rotatable bonds is 3. The molecule has 86 valence electrons. The van der Waals surface area contributed by atoms with Crippen LogP contribution in [0.2, 0.25) is 0 Å². The van der Waals surface area contributed by atoms with Gasteiger partial charge in [0.25, 0.3) is 12.3 Å². The number of hydrogen-bond acceptors (Lipinski definition) is 4. The van der Waals surface area contributed by atoms with Gasteiger partial charge in [-0.25, -0.2) is 13.8 Å². The molecule has 1 rings (SSSR count). The molecule has 0 atom stereocenters. The molecule has 0 unspecified atom stereocenters. The smallest absolute Gasteiger partial charge is 0.300 e. The van der Waals surface area contributed by atoms with Crippen molar-refractivity contribution in [1.82, 2.24) is 4.98 Å². The molecule has 0 spiro atoms. The summed E-state index contributed by atoms with van der Waals surface area (Å²) in [6, 6.07) is 0.856. The number of carbonyl (C=O) groups is 1. The van der Waals surface area contributed by atoms with E-state index in [1.165, 1.54) is 6.92 Å². The van der Waals surface area contributed by atoms with Gasteiger partial charge < -0.3 is 5.73 Å². The summed E-state index contributed by atoms with van der Waals surface area (Å²) in [4.78, 5) is 23.7. The lowest BCUT2D eigenvalue weighted by Gasteiger charge is -2.05. The van der Waals surface area contributed by atoms with E-state index in [1.807, 2.05) is 0 Å². The van der Waals surface area contributed by atoms with Crippen LogP contribution in [0.4, 0.5) is 14.5 Å². The summed E-state index contributed by atoms with van der Waals surface area (Å²) < 4.78 is 24.8. The fourth-order valence-corrected chi connectivity index (χ4v) is 1.15. The van der Waals surface area contributed by atoms with Crippen molar-refractivity contribution in [3.63, 3.8) is 0 Å². The number of nitrogens with zero attached hydrogens (tertiary/aromatic N) is 2. The molecule has 8 heteroatoms. The van der Waals surface area contributed by atoms with Crippen LogP contribution in [0.25, 0.3) is 0 Å². The highest BCUT2D eigenvalue weighted by molar-refractivity contribution is 5.94. The Morgan fingerprint density at radius 3 is 2.56 bits per heavy atom. The predicted octanol–water partition coefficient (Wildman–Crippen LogP) is 1.33. The molecule has 0 fully saturated rings. The average Bonchev–Trinajstić information content (AvgIpc) is 2.15. The minimum atomic E-state index is -2.92. The number of halogens is 2. The van der Waals surface area contributed by atoms with Crippen molar-refractivity contribution in [3.8, 4) is 0 Å². The maximum Gasteiger partial charge on any atom is 0.300 e. The van der Waals surface area contributed by atoms with Crippen molar-refractivity contribution in [2.24, 2.45) is 5.73 Å². The van der Waals surface area contributed by atoms with Crippen molar-refractivity contribution < 1.29 is 18.5 Å². The number of nitrogens with two attached hydrogens (primary N) is 1. The van der Waals surface area contributed by atoms with E-state index in [-0.39, 0.29) is 5.56 Å². The van der Waals surface area contributed by atoms with Crippen LogP contribution in [0.5, 0.6) is 0 Å². The monoisotopic (exact) mass is 231 g/mol. The Morgan fingerprint density at radius 1 is 1.62 bits per heavy atom. The fraction of sp³-hybridized carbons (Fsp3) is 0.250. The molecule has 16 heavy (non-hydrogen) atoms. The molecule has 0 aliphatic rings. The second kappa shape index (κ2) is 4.17. The topological polar surface area (TPSA) is 99.1 Å². The van der Waals surface area contributed by atoms with Gasteiger partial charge in [-0.05, 0) is 12.5 Å². The first kappa shape index (κ1) is 12.0. The molecule has 1 amide bonds. The van der Waals surface area contributed by atoms with Gasteiger partial charge in [0.1, 0.15) is 5.69 Å². The number of amides is 1. The van der Waals surface area contributed by atoms with Gasteiger partial charge in [-0.1, -0.05) is 0 Å². The SMILES string of the molecule is Cc1cc([N+](=O)[O-])c(C(N)=O)nc1C(F)F. The summed E-state index contributed by atoms with van der Waals surface area (Å²) >= 11 is 0. The van der Waals surface area contributed by atoms with Gasteiger partial charge in [-0.15, -0.1) is 0 Å². The molecule has 0 radical (unpaired) electrons. The third-order valence-electron chi connectivity index (χ3n) is 1.87. The molecule has 0 aliphatic carbocycles. The zero-order valence-electron chi connectivity index (χ0n) is 8.11. The summed E-state index contributed by atoms with van der Waals surface area (Å²) in [5, 5.41) is 10.5. The second-order valence-electron chi connectivity index (χ2n) is 2.98. The first-order valence-corrected chi connectivity index (χ1v) is 4.08. The van der Waals surface area contributed by atoms with E-state index in [0.29, 0.717) is 0 Å². The second-order valence-corrected chi connectivity index (χ2v) is 2.98. The van der Waals surface area contributed by atoms with E-state index >= 15 is 0 Å². The summed E-state index contributed by atoms with van der Waals surface area (Å²) in [6.45, 7) is 1.24. The zero-order chi connectivity index (χ0) is 12.5. The average molecular weight is 231 g/mol. The van der Waals surface area contributed by atoms with Crippen LogP contribution in [-0.2, 0) is 0 Å². The largest absolute Gasteiger partial charge is 0.364 e. The Balaban J connectivity index is 3.49. The van der Waals surface area contributed by atoms with Gasteiger partial charge in [-0.3, -0.25) is 14.9 Å². The van der Waals surface area contributed by atoms with E-state index in [2.05, 4.69) is 4.98 Å². The van der Waals surface area contributed by atoms with Crippen molar-refractivity contribution in [2.45, 2.75) is 13.3 Å². The maximum atomic E-state index is 12.4. The Kier molecular flexibility index (Phi) is 3.11. The van der Waals surface area contributed by atoms with E-state index < -0.39 is 34.3 Å². The Hall–Kier alpha value is -2.12. The molecule has 1 aromatic heterocycles. The third-order valence-corrected chi connectivity index (χ3v) is 1.87. The molecule has 0 bridgehead atoms. The maximum absolute atomic E-state index is 12.4. The van der Waals surface area contributed by atoms with Crippen LogP contribution in [0.3, 0.4) is 0 Å². The summed E-state index contributed by atoms with van der Waals surface area (Å²) in [5.41, 5.74) is 2.65.